The Balaban J connectivity index is 2.11. The molecule has 2 aromatic rings. The fourth-order valence-corrected chi connectivity index (χ4v) is 2.90. The summed E-state index contributed by atoms with van der Waals surface area (Å²) in [5, 5.41) is 5.12. The number of halogens is 1. The summed E-state index contributed by atoms with van der Waals surface area (Å²) < 4.78 is 29.4. The molecular weight excluding hydrogens is 389 g/mol. The van der Waals surface area contributed by atoms with Gasteiger partial charge >= 0.3 is 0 Å². The zero-order valence-corrected chi connectivity index (χ0v) is 13.8. The molecule has 106 valence electrons. The zero-order valence-electron chi connectivity index (χ0n) is 10.8. The molecule has 20 heavy (non-hydrogen) atoms. The quantitative estimate of drug-likeness (QED) is 0.799. The number of ether oxygens (including phenoxy) is 1. The topological polar surface area (TPSA) is 69.4 Å². The van der Waals surface area contributed by atoms with E-state index in [1.165, 1.54) is 9.64 Å². The van der Waals surface area contributed by atoms with Crippen molar-refractivity contribution in [2.45, 2.75) is 18.4 Å². The molecule has 2 aromatic carbocycles. The highest BCUT2D eigenvalue weighted by Gasteiger charge is 2.11. The first kappa shape index (κ1) is 15.3. The zero-order chi connectivity index (χ0) is 14.8. The summed E-state index contributed by atoms with van der Waals surface area (Å²) in [7, 11) is -3.68. The number of primary sulfonamides is 1. The molecule has 6 heteroatoms. The Hall–Kier alpha value is -1.12. The molecule has 2 rings (SSSR count). The minimum absolute atomic E-state index is 0.124. The molecule has 0 spiro atoms. The maximum absolute atomic E-state index is 11.3. The summed E-state index contributed by atoms with van der Waals surface area (Å²) in [5.74, 6) is 0.619. The molecule has 0 aliphatic heterocycles. The van der Waals surface area contributed by atoms with Crippen LogP contribution >= 0.6 is 22.6 Å². The third kappa shape index (κ3) is 3.94. The first-order chi connectivity index (χ1) is 9.36. The average Bonchev–Trinajstić information content (AvgIpc) is 2.36. The van der Waals surface area contributed by atoms with Crippen LogP contribution in [0.15, 0.2) is 47.4 Å². The van der Waals surface area contributed by atoms with E-state index in [4.69, 9.17) is 9.88 Å². The van der Waals surface area contributed by atoms with Crippen molar-refractivity contribution in [3.8, 4) is 5.75 Å². The van der Waals surface area contributed by atoms with Crippen LogP contribution in [0.4, 0.5) is 0 Å². The molecule has 0 atom stereocenters. The van der Waals surface area contributed by atoms with Crippen molar-refractivity contribution in [1.82, 2.24) is 0 Å². The van der Waals surface area contributed by atoms with Gasteiger partial charge in [-0.1, -0.05) is 12.1 Å². The minimum atomic E-state index is -3.68. The normalized spacial score (nSPS) is 11.3. The molecule has 0 bridgehead atoms. The Labute approximate surface area is 132 Å². The maximum atomic E-state index is 11.3. The van der Waals surface area contributed by atoms with Crippen molar-refractivity contribution in [1.29, 1.82) is 0 Å². The van der Waals surface area contributed by atoms with E-state index >= 15 is 0 Å². The predicted octanol–water partition coefficient (Wildman–Crippen LogP) is 2.83. The van der Waals surface area contributed by atoms with E-state index in [1.54, 1.807) is 19.1 Å². The van der Waals surface area contributed by atoms with E-state index in [0.29, 0.717) is 17.9 Å². The Morgan fingerprint density at radius 3 is 2.35 bits per heavy atom. The predicted molar refractivity (Wildman–Crippen MR) is 86.0 cm³/mol. The third-order valence-electron chi connectivity index (χ3n) is 2.77. The SMILES string of the molecule is Cc1cc(OCc2ccc(I)cc2)ccc1S(N)(=O)=O. The Bertz CT molecular complexity index is 712. The lowest BCUT2D eigenvalue weighted by molar-refractivity contribution is 0.306. The second kappa shape index (κ2) is 6.11. The number of sulfonamides is 1. The largest absolute Gasteiger partial charge is 0.489 e. The molecule has 0 fully saturated rings. The molecule has 0 amide bonds. The first-order valence-corrected chi connectivity index (χ1v) is 8.49. The van der Waals surface area contributed by atoms with Gasteiger partial charge in [-0.3, -0.25) is 0 Å². The van der Waals surface area contributed by atoms with Gasteiger partial charge in [0, 0.05) is 3.57 Å². The van der Waals surface area contributed by atoms with Crippen LogP contribution in [0.25, 0.3) is 0 Å². The van der Waals surface area contributed by atoms with Crippen molar-refractivity contribution in [2.75, 3.05) is 0 Å². The van der Waals surface area contributed by atoms with E-state index in [9.17, 15) is 8.42 Å². The van der Waals surface area contributed by atoms with Crippen LogP contribution in [0.3, 0.4) is 0 Å². The van der Waals surface area contributed by atoms with Gasteiger partial charge in [0.2, 0.25) is 10.0 Å². The third-order valence-corrected chi connectivity index (χ3v) is 4.56. The van der Waals surface area contributed by atoms with Crippen LogP contribution in [0.2, 0.25) is 0 Å². The van der Waals surface area contributed by atoms with Crippen molar-refractivity contribution in [3.63, 3.8) is 0 Å². The van der Waals surface area contributed by atoms with Crippen molar-refractivity contribution in [2.24, 2.45) is 5.14 Å². The molecule has 0 heterocycles. The Kier molecular flexibility index (Phi) is 4.66. The van der Waals surface area contributed by atoms with Crippen molar-refractivity contribution in [3.05, 3.63) is 57.2 Å². The number of hydrogen-bond donors (Lipinski definition) is 1. The van der Waals surface area contributed by atoms with Crippen LogP contribution in [-0.2, 0) is 16.6 Å². The highest BCUT2D eigenvalue weighted by atomic mass is 127. The number of benzene rings is 2. The minimum Gasteiger partial charge on any atom is -0.489 e. The van der Waals surface area contributed by atoms with E-state index in [1.807, 2.05) is 24.3 Å². The lowest BCUT2D eigenvalue weighted by atomic mass is 10.2. The highest BCUT2D eigenvalue weighted by Crippen LogP contribution is 2.21. The number of rotatable bonds is 4. The van der Waals surface area contributed by atoms with Crippen LogP contribution in [0.1, 0.15) is 11.1 Å². The number of aryl methyl sites for hydroxylation is 1. The van der Waals surface area contributed by atoms with Crippen LogP contribution in [-0.4, -0.2) is 8.42 Å². The molecule has 0 aliphatic rings. The van der Waals surface area contributed by atoms with Crippen molar-refractivity contribution < 1.29 is 13.2 Å². The summed E-state index contributed by atoms with van der Waals surface area (Å²) in [4.78, 5) is 0.124. The van der Waals surface area contributed by atoms with Crippen LogP contribution in [0, 0.1) is 10.5 Å². The van der Waals surface area contributed by atoms with Gasteiger partial charge in [-0.2, -0.15) is 0 Å². The van der Waals surface area contributed by atoms with Crippen molar-refractivity contribution >= 4 is 32.6 Å². The van der Waals surface area contributed by atoms with Gasteiger partial charge in [0.05, 0.1) is 4.90 Å². The Morgan fingerprint density at radius 2 is 1.80 bits per heavy atom. The molecule has 0 radical (unpaired) electrons. The summed E-state index contributed by atoms with van der Waals surface area (Å²) in [6.45, 7) is 2.13. The summed E-state index contributed by atoms with van der Waals surface area (Å²) >= 11 is 2.24. The molecule has 2 N–H and O–H groups in total. The van der Waals surface area contributed by atoms with Gasteiger partial charge in [0.1, 0.15) is 12.4 Å². The highest BCUT2D eigenvalue weighted by molar-refractivity contribution is 14.1. The molecule has 4 nitrogen and oxygen atoms in total. The monoisotopic (exact) mass is 403 g/mol. The Morgan fingerprint density at radius 1 is 1.15 bits per heavy atom. The molecule has 0 saturated heterocycles. The van der Waals surface area contributed by atoms with Crippen LogP contribution < -0.4 is 9.88 Å². The van der Waals surface area contributed by atoms with E-state index in [0.717, 1.165) is 5.56 Å². The molecule has 0 aliphatic carbocycles. The number of hydrogen-bond acceptors (Lipinski definition) is 3. The molecule has 0 saturated carbocycles. The number of nitrogens with two attached hydrogens (primary N) is 1. The van der Waals surface area contributed by atoms with Crippen LogP contribution in [0.5, 0.6) is 5.75 Å². The lowest BCUT2D eigenvalue weighted by Crippen LogP contribution is -2.13. The fourth-order valence-electron chi connectivity index (χ4n) is 1.78. The van der Waals surface area contributed by atoms with Gasteiger partial charge in [-0.15, -0.1) is 0 Å². The second-order valence-corrected chi connectivity index (χ2v) is 7.16. The smallest absolute Gasteiger partial charge is 0.238 e. The molecular formula is C14H14INO3S. The molecule has 0 aromatic heterocycles. The average molecular weight is 403 g/mol. The molecule has 0 unspecified atom stereocenters. The fraction of sp³-hybridized carbons (Fsp3) is 0.143. The van der Waals surface area contributed by atoms with Gasteiger partial charge < -0.3 is 4.74 Å². The lowest BCUT2D eigenvalue weighted by Gasteiger charge is -2.09. The summed E-state index contributed by atoms with van der Waals surface area (Å²) in [6.07, 6.45) is 0. The summed E-state index contributed by atoms with van der Waals surface area (Å²) in [6, 6.07) is 12.8. The first-order valence-electron chi connectivity index (χ1n) is 5.87. The standard InChI is InChI=1S/C14H14INO3S/c1-10-8-13(6-7-14(10)20(16,17)18)19-9-11-2-4-12(15)5-3-11/h2-8H,9H2,1H3,(H2,16,17,18). The van der Waals surface area contributed by atoms with E-state index in [-0.39, 0.29) is 4.90 Å². The second-order valence-electron chi connectivity index (χ2n) is 4.39. The van der Waals surface area contributed by atoms with E-state index in [2.05, 4.69) is 22.6 Å². The van der Waals surface area contributed by atoms with E-state index < -0.39 is 10.0 Å². The maximum Gasteiger partial charge on any atom is 0.238 e. The van der Waals surface area contributed by atoms with Gasteiger partial charge in [-0.05, 0) is 71.0 Å². The van der Waals surface area contributed by atoms with Gasteiger partial charge in [-0.25, -0.2) is 13.6 Å². The van der Waals surface area contributed by atoms with Gasteiger partial charge in [0.15, 0.2) is 0 Å². The van der Waals surface area contributed by atoms with Gasteiger partial charge in [0.25, 0.3) is 0 Å². The summed E-state index contributed by atoms with van der Waals surface area (Å²) in [5.41, 5.74) is 1.63.